The Balaban J connectivity index is 2.26. The zero-order chi connectivity index (χ0) is 13.1. The molecular weight excluding hydrogens is 250 g/mol. The summed E-state index contributed by atoms with van der Waals surface area (Å²) in [5.74, 6) is 1.35. The number of nitrogen functional groups attached to an aromatic ring is 1. The Morgan fingerprint density at radius 1 is 1.28 bits per heavy atom. The molecule has 0 spiro atoms. The summed E-state index contributed by atoms with van der Waals surface area (Å²) in [4.78, 5) is 14.5. The average molecular weight is 270 g/mol. The summed E-state index contributed by atoms with van der Waals surface area (Å²) in [5, 5.41) is 0.171. The summed E-state index contributed by atoms with van der Waals surface area (Å²) >= 11 is 5.87. The van der Waals surface area contributed by atoms with Crippen LogP contribution >= 0.6 is 11.6 Å². The van der Waals surface area contributed by atoms with Crippen molar-refractivity contribution in [2.45, 2.75) is 45.6 Å². The number of hydrogen-bond donors (Lipinski definition) is 1. The highest BCUT2D eigenvalue weighted by Crippen LogP contribution is 2.27. The van der Waals surface area contributed by atoms with Crippen molar-refractivity contribution in [2.24, 2.45) is 5.92 Å². The Morgan fingerprint density at radius 2 is 1.94 bits per heavy atom. The van der Waals surface area contributed by atoms with E-state index >= 15 is 0 Å². The molecule has 6 heteroatoms. The monoisotopic (exact) mass is 269 g/mol. The van der Waals surface area contributed by atoms with Crippen LogP contribution in [0.1, 0.15) is 39.5 Å². The number of hydrogen-bond acceptors (Lipinski definition) is 5. The third kappa shape index (κ3) is 3.22. The van der Waals surface area contributed by atoms with E-state index in [0.717, 1.165) is 6.54 Å². The largest absolute Gasteiger partial charge is 0.368 e. The first-order chi connectivity index (χ1) is 8.56. The predicted molar refractivity (Wildman–Crippen MR) is 73.7 cm³/mol. The van der Waals surface area contributed by atoms with Crippen molar-refractivity contribution in [1.29, 1.82) is 0 Å². The minimum absolute atomic E-state index is 0.171. The van der Waals surface area contributed by atoms with Gasteiger partial charge >= 0.3 is 0 Å². The van der Waals surface area contributed by atoms with Crippen LogP contribution < -0.4 is 10.6 Å². The molecular formula is C12H20ClN5. The van der Waals surface area contributed by atoms with Gasteiger partial charge in [0.1, 0.15) is 0 Å². The molecule has 100 valence electrons. The van der Waals surface area contributed by atoms with Crippen molar-refractivity contribution < 1.29 is 0 Å². The Kier molecular flexibility index (Phi) is 4.22. The molecule has 0 aromatic carbocycles. The van der Waals surface area contributed by atoms with Gasteiger partial charge in [0, 0.05) is 12.6 Å². The molecule has 0 atom stereocenters. The highest BCUT2D eigenvalue weighted by Gasteiger charge is 2.25. The molecule has 0 amide bonds. The number of aromatic nitrogens is 3. The second-order valence-electron chi connectivity index (χ2n) is 5.25. The predicted octanol–water partition coefficient (Wildman–Crippen LogP) is 2.51. The summed E-state index contributed by atoms with van der Waals surface area (Å²) in [7, 11) is 0. The van der Waals surface area contributed by atoms with E-state index in [-0.39, 0.29) is 11.2 Å². The molecule has 0 aliphatic heterocycles. The van der Waals surface area contributed by atoms with Crippen LogP contribution in [-0.2, 0) is 0 Å². The fourth-order valence-electron chi connectivity index (χ4n) is 2.49. The molecule has 1 aliphatic rings. The van der Waals surface area contributed by atoms with Crippen LogP contribution in [0.15, 0.2) is 0 Å². The number of rotatable bonds is 4. The molecule has 0 radical (unpaired) electrons. The van der Waals surface area contributed by atoms with Gasteiger partial charge in [-0.25, -0.2) is 0 Å². The zero-order valence-electron chi connectivity index (χ0n) is 10.9. The summed E-state index contributed by atoms with van der Waals surface area (Å²) < 4.78 is 0. The lowest BCUT2D eigenvalue weighted by Gasteiger charge is -2.30. The molecule has 1 fully saturated rings. The second kappa shape index (κ2) is 5.69. The molecule has 18 heavy (non-hydrogen) atoms. The molecule has 1 aromatic rings. The van der Waals surface area contributed by atoms with Crippen LogP contribution in [0.4, 0.5) is 11.9 Å². The number of halogens is 1. The minimum Gasteiger partial charge on any atom is -0.368 e. The lowest BCUT2D eigenvalue weighted by atomic mass is 10.1. The van der Waals surface area contributed by atoms with E-state index in [9.17, 15) is 0 Å². The number of nitrogens with two attached hydrogens (primary N) is 1. The van der Waals surface area contributed by atoms with Gasteiger partial charge in [-0.15, -0.1) is 0 Å². The maximum absolute atomic E-state index is 5.87. The lowest BCUT2D eigenvalue weighted by Crippen LogP contribution is -2.37. The lowest BCUT2D eigenvalue weighted by molar-refractivity contribution is 0.525. The summed E-state index contributed by atoms with van der Waals surface area (Å²) in [6.07, 6.45) is 4.92. The van der Waals surface area contributed by atoms with Crippen LogP contribution in [-0.4, -0.2) is 27.5 Å². The maximum Gasteiger partial charge on any atom is 0.231 e. The van der Waals surface area contributed by atoms with E-state index in [2.05, 4.69) is 33.7 Å². The van der Waals surface area contributed by atoms with E-state index in [1.54, 1.807) is 0 Å². The Morgan fingerprint density at radius 3 is 2.50 bits per heavy atom. The van der Waals surface area contributed by atoms with Crippen molar-refractivity contribution in [3.8, 4) is 0 Å². The normalized spacial score (nSPS) is 16.4. The van der Waals surface area contributed by atoms with Crippen molar-refractivity contribution in [1.82, 2.24) is 15.0 Å². The van der Waals surface area contributed by atoms with Crippen LogP contribution in [0.3, 0.4) is 0 Å². The van der Waals surface area contributed by atoms with Gasteiger partial charge in [0.25, 0.3) is 0 Å². The third-order valence-electron chi connectivity index (χ3n) is 3.20. The van der Waals surface area contributed by atoms with Gasteiger partial charge in [-0.05, 0) is 30.4 Å². The topological polar surface area (TPSA) is 67.9 Å². The fourth-order valence-corrected chi connectivity index (χ4v) is 2.65. The van der Waals surface area contributed by atoms with E-state index in [0.29, 0.717) is 17.9 Å². The minimum atomic E-state index is 0.171. The van der Waals surface area contributed by atoms with Gasteiger partial charge in [-0.1, -0.05) is 26.7 Å². The van der Waals surface area contributed by atoms with E-state index in [1.807, 2.05) is 0 Å². The Hall–Kier alpha value is -1.10. The molecule has 1 heterocycles. The quantitative estimate of drug-likeness (QED) is 0.910. The SMILES string of the molecule is CC(C)CN(c1nc(N)nc(Cl)n1)C1CCCC1. The third-order valence-corrected chi connectivity index (χ3v) is 3.37. The molecule has 5 nitrogen and oxygen atoms in total. The molecule has 1 aliphatic carbocycles. The molecule has 1 saturated carbocycles. The summed E-state index contributed by atoms with van der Waals surface area (Å²) in [6, 6.07) is 0.505. The maximum atomic E-state index is 5.87. The van der Waals surface area contributed by atoms with Gasteiger partial charge < -0.3 is 10.6 Å². The smallest absolute Gasteiger partial charge is 0.231 e. The molecule has 0 bridgehead atoms. The van der Waals surface area contributed by atoms with Crippen molar-refractivity contribution in [3.05, 3.63) is 5.28 Å². The highest BCUT2D eigenvalue weighted by molar-refractivity contribution is 6.28. The Labute approximate surface area is 113 Å². The second-order valence-corrected chi connectivity index (χ2v) is 5.59. The number of nitrogens with zero attached hydrogens (tertiary/aromatic N) is 4. The Bertz CT molecular complexity index is 383. The number of anilines is 2. The first-order valence-corrected chi connectivity index (χ1v) is 6.87. The molecule has 0 saturated heterocycles. The molecule has 2 N–H and O–H groups in total. The van der Waals surface area contributed by atoms with Crippen molar-refractivity contribution in [2.75, 3.05) is 17.2 Å². The van der Waals surface area contributed by atoms with Gasteiger partial charge in [-0.2, -0.15) is 15.0 Å². The van der Waals surface area contributed by atoms with E-state index < -0.39 is 0 Å². The van der Waals surface area contributed by atoms with Gasteiger partial charge in [0.2, 0.25) is 17.2 Å². The molecule has 0 unspecified atom stereocenters. The molecule has 1 aromatic heterocycles. The van der Waals surface area contributed by atoms with Crippen LogP contribution in [0.2, 0.25) is 5.28 Å². The average Bonchev–Trinajstić information content (AvgIpc) is 2.77. The summed E-state index contributed by atoms with van der Waals surface area (Å²) in [6.45, 7) is 5.30. The first-order valence-electron chi connectivity index (χ1n) is 6.50. The van der Waals surface area contributed by atoms with Crippen LogP contribution in [0.25, 0.3) is 0 Å². The van der Waals surface area contributed by atoms with Gasteiger partial charge in [0.05, 0.1) is 0 Å². The van der Waals surface area contributed by atoms with E-state index in [1.165, 1.54) is 25.7 Å². The van der Waals surface area contributed by atoms with Crippen molar-refractivity contribution >= 4 is 23.5 Å². The molecule has 2 rings (SSSR count). The van der Waals surface area contributed by atoms with E-state index in [4.69, 9.17) is 17.3 Å². The van der Waals surface area contributed by atoms with Gasteiger partial charge in [-0.3, -0.25) is 0 Å². The van der Waals surface area contributed by atoms with Gasteiger partial charge in [0.15, 0.2) is 0 Å². The first kappa shape index (κ1) is 13.3. The van der Waals surface area contributed by atoms with Crippen LogP contribution in [0.5, 0.6) is 0 Å². The standard InChI is InChI=1S/C12H20ClN5/c1-8(2)7-18(9-5-3-4-6-9)12-16-10(13)15-11(14)17-12/h8-9H,3-7H2,1-2H3,(H2,14,15,16,17). The fraction of sp³-hybridized carbons (Fsp3) is 0.750. The van der Waals surface area contributed by atoms with Crippen LogP contribution in [0, 0.1) is 5.92 Å². The highest BCUT2D eigenvalue weighted by atomic mass is 35.5. The zero-order valence-corrected chi connectivity index (χ0v) is 11.7. The summed E-state index contributed by atoms with van der Waals surface area (Å²) in [5.41, 5.74) is 5.65. The van der Waals surface area contributed by atoms with Crippen molar-refractivity contribution in [3.63, 3.8) is 0 Å².